The maximum atomic E-state index is 11.0. The van der Waals surface area contributed by atoms with Gasteiger partial charge < -0.3 is 5.11 Å². The lowest BCUT2D eigenvalue weighted by Gasteiger charge is -2.43. The molecule has 1 fully saturated rings. The normalized spacial score (nSPS) is 30.7. The number of aliphatic imine (C=N–C) groups is 1. The van der Waals surface area contributed by atoms with E-state index in [0.717, 1.165) is 37.0 Å². The molecule has 112 valence electrons. The zero-order valence-corrected chi connectivity index (χ0v) is 12.7. The molecule has 1 heterocycles. The Kier molecular flexibility index (Phi) is 3.34. The Labute approximate surface area is 131 Å². The predicted molar refractivity (Wildman–Crippen MR) is 89.1 cm³/mol. The summed E-state index contributed by atoms with van der Waals surface area (Å²) in [5.74, 6) is 0.947. The summed E-state index contributed by atoms with van der Waals surface area (Å²) in [5, 5.41) is 11.0. The Hall–Kier alpha value is -1.93. The Balaban J connectivity index is 1.64. The molecule has 0 aromatic heterocycles. The summed E-state index contributed by atoms with van der Waals surface area (Å²) >= 11 is 0. The highest BCUT2D eigenvalue weighted by Gasteiger charge is 2.43. The van der Waals surface area contributed by atoms with Crippen molar-refractivity contribution in [2.24, 2.45) is 10.9 Å². The molecule has 2 aromatic carbocycles. The summed E-state index contributed by atoms with van der Waals surface area (Å²) in [7, 11) is 0. The Morgan fingerprint density at radius 1 is 0.909 bits per heavy atom. The molecule has 4 rings (SSSR count). The van der Waals surface area contributed by atoms with E-state index in [2.05, 4.69) is 36.4 Å². The van der Waals surface area contributed by atoms with E-state index in [4.69, 9.17) is 4.99 Å². The number of benzene rings is 2. The summed E-state index contributed by atoms with van der Waals surface area (Å²) in [6.07, 6.45) is 3.68. The minimum atomic E-state index is -0.882. The van der Waals surface area contributed by atoms with Gasteiger partial charge in [-0.3, -0.25) is 4.99 Å². The Bertz CT molecular complexity index is 679. The molecule has 0 unspecified atom stereocenters. The molecule has 2 aromatic rings. The standard InChI is InChI=1S/C20H21NO/c22-20-13-15(11-18(14-20)16-7-3-1-4-8-16)12-19(21-20)17-9-5-2-6-10-17/h1-10,15,18,22H,11-14H2/t15-,18+,20-/m1/s1. The summed E-state index contributed by atoms with van der Waals surface area (Å²) in [6.45, 7) is 0. The molecule has 2 bridgehead atoms. The average molecular weight is 291 g/mol. The minimum Gasteiger partial charge on any atom is -0.369 e. The zero-order valence-electron chi connectivity index (χ0n) is 12.7. The highest BCUT2D eigenvalue weighted by Crippen LogP contribution is 2.46. The van der Waals surface area contributed by atoms with Crippen molar-refractivity contribution in [1.29, 1.82) is 0 Å². The molecule has 2 heteroatoms. The van der Waals surface area contributed by atoms with Crippen LogP contribution in [0.5, 0.6) is 0 Å². The van der Waals surface area contributed by atoms with E-state index in [-0.39, 0.29) is 0 Å². The molecule has 0 saturated heterocycles. The van der Waals surface area contributed by atoms with E-state index in [9.17, 15) is 5.11 Å². The van der Waals surface area contributed by atoms with Crippen molar-refractivity contribution in [1.82, 2.24) is 0 Å². The summed E-state index contributed by atoms with van der Waals surface area (Å²) in [5.41, 5.74) is 2.69. The van der Waals surface area contributed by atoms with E-state index in [1.165, 1.54) is 5.56 Å². The van der Waals surface area contributed by atoms with Crippen molar-refractivity contribution < 1.29 is 5.11 Å². The van der Waals surface area contributed by atoms with Gasteiger partial charge >= 0.3 is 0 Å². The quantitative estimate of drug-likeness (QED) is 0.885. The van der Waals surface area contributed by atoms with Gasteiger partial charge in [0.15, 0.2) is 5.72 Å². The monoisotopic (exact) mass is 291 g/mol. The Morgan fingerprint density at radius 2 is 1.59 bits per heavy atom. The highest BCUT2D eigenvalue weighted by atomic mass is 16.3. The third kappa shape index (κ3) is 2.59. The SMILES string of the molecule is O[C@@]12C[C@@H](CC(c3ccccc3)=N1)C[C@H](c1ccccc1)C2. The molecule has 1 N–H and O–H groups in total. The van der Waals surface area contributed by atoms with Crippen LogP contribution in [-0.4, -0.2) is 16.5 Å². The van der Waals surface area contributed by atoms with Crippen molar-refractivity contribution >= 4 is 5.71 Å². The number of fused-ring (bicyclic) bond motifs is 2. The van der Waals surface area contributed by atoms with E-state index in [0.29, 0.717) is 11.8 Å². The van der Waals surface area contributed by atoms with Crippen LogP contribution in [0.2, 0.25) is 0 Å². The third-order valence-corrected chi connectivity index (χ3v) is 5.01. The number of hydrogen-bond acceptors (Lipinski definition) is 2. The first-order valence-corrected chi connectivity index (χ1v) is 8.13. The van der Waals surface area contributed by atoms with Crippen LogP contribution in [0, 0.1) is 5.92 Å². The van der Waals surface area contributed by atoms with Crippen molar-refractivity contribution in [3.63, 3.8) is 0 Å². The zero-order chi connectivity index (χ0) is 15.0. The first kappa shape index (κ1) is 13.7. The maximum absolute atomic E-state index is 11.0. The Morgan fingerprint density at radius 3 is 2.27 bits per heavy atom. The van der Waals surface area contributed by atoms with Gasteiger partial charge in [-0.1, -0.05) is 60.7 Å². The van der Waals surface area contributed by atoms with Crippen molar-refractivity contribution in [3.8, 4) is 0 Å². The molecule has 1 aliphatic carbocycles. The van der Waals surface area contributed by atoms with Gasteiger partial charge in [-0.25, -0.2) is 0 Å². The second kappa shape index (κ2) is 5.36. The van der Waals surface area contributed by atoms with E-state index < -0.39 is 5.72 Å². The van der Waals surface area contributed by atoms with Crippen LogP contribution in [0.4, 0.5) is 0 Å². The van der Waals surface area contributed by atoms with Gasteiger partial charge in [-0.15, -0.1) is 0 Å². The van der Waals surface area contributed by atoms with Crippen LogP contribution < -0.4 is 0 Å². The number of nitrogens with zero attached hydrogens (tertiary/aromatic N) is 1. The summed E-state index contributed by atoms with van der Waals surface area (Å²) < 4.78 is 0. The van der Waals surface area contributed by atoms with Gasteiger partial charge in [0.1, 0.15) is 0 Å². The first-order valence-electron chi connectivity index (χ1n) is 8.13. The van der Waals surface area contributed by atoms with Gasteiger partial charge in [0.25, 0.3) is 0 Å². The molecule has 1 saturated carbocycles. The molecule has 0 spiro atoms. The van der Waals surface area contributed by atoms with Gasteiger partial charge in [0, 0.05) is 12.1 Å². The van der Waals surface area contributed by atoms with E-state index >= 15 is 0 Å². The van der Waals surface area contributed by atoms with Crippen LogP contribution >= 0.6 is 0 Å². The molecule has 0 radical (unpaired) electrons. The molecule has 0 amide bonds. The molecule has 1 aliphatic heterocycles. The topological polar surface area (TPSA) is 32.6 Å². The third-order valence-electron chi connectivity index (χ3n) is 5.01. The molecular weight excluding hydrogens is 270 g/mol. The minimum absolute atomic E-state index is 0.422. The fourth-order valence-corrected chi connectivity index (χ4v) is 4.12. The second-order valence-corrected chi connectivity index (χ2v) is 6.73. The van der Waals surface area contributed by atoms with Crippen molar-refractivity contribution in [2.75, 3.05) is 0 Å². The van der Waals surface area contributed by atoms with Crippen molar-refractivity contribution in [2.45, 2.75) is 37.3 Å². The largest absolute Gasteiger partial charge is 0.369 e. The molecule has 2 nitrogen and oxygen atoms in total. The van der Waals surface area contributed by atoms with Crippen molar-refractivity contribution in [3.05, 3.63) is 71.8 Å². The van der Waals surface area contributed by atoms with Crippen LogP contribution in [0.1, 0.15) is 42.7 Å². The molecule has 2 aliphatic rings. The second-order valence-electron chi connectivity index (χ2n) is 6.73. The fraction of sp³-hybridized carbons (Fsp3) is 0.350. The molecule has 22 heavy (non-hydrogen) atoms. The lowest BCUT2D eigenvalue weighted by Crippen LogP contribution is -2.42. The molecular formula is C20H21NO. The van der Waals surface area contributed by atoms with Crippen LogP contribution in [0.3, 0.4) is 0 Å². The first-order chi connectivity index (χ1) is 10.7. The summed E-state index contributed by atoms with van der Waals surface area (Å²) in [4.78, 5) is 4.75. The molecule has 3 atom stereocenters. The lowest BCUT2D eigenvalue weighted by molar-refractivity contribution is -0.0216. The van der Waals surface area contributed by atoms with Gasteiger partial charge in [0.05, 0.1) is 0 Å². The van der Waals surface area contributed by atoms with Gasteiger partial charge in [-0.05, 0) is 42.2 Å². The maximum Gasteiger partial charge on any atom is 0.157 e. The predicted octanol–water partition coefficient (Wildman–Crippen LogP) is 4.15. The number of hydrogen-bond donors (Lipinski definition) is 1. The smallest absolute Gasteiger partial charge is 0.157 e. The van der Waals surface area contributed by atoms with Crippen LogP contribution in [-0.2, 0) is 0 Å². The van der Waals surface area contributed by atoms with Gasteiger partial charge in [-0.2, -0.15) is 0 Å². The van der Waals surface area contributed by atoms with Crippen LogP contribution in [0.25, 0.3) is 0 Å². The number of aliphatic hydroxyl groups is 1. The van der Waals surface area contributed by atoms with Crippen LogP contribution in [0.15, 0.2) is 65.7 Å². The number of rotatable bonds is 2. The lowest BCUT2D eigenvalue weighted by atomic mass is 9.70. The fourth-order valence-electron chi connectivity index (χ4n) is 4.12. The highest BCUT2D eigenvalue weighted by molar-refractivity contribution is 6.01. The van der Waals surface area contributed by atoms with Gasteiger partial charge in [0.2, 0.25) is 0 Å². The average Bonchev–Trinajstić information content (AvgIpc) is 2.55. The van der Waals surface area contributed by atoms with E-state index in [1.807, 2.05) is 24.3 Å². The summed E-state index contributed by atoms with van der Waals surface area (Å²) in [6, 6.07) is 20.9. The van der Waals surface area contributed by atoms with E-state index in [1.54, 1.807) is 0 Å².